The molecule has 1 amide bonds. The molecule has 0 saturated carbocycles. The summed E-state index contributed by atoms with van der Waals surface area (Å²) in [5.74, 6) is -0.774. The van der Waals surface area contributed by atoms with Gasteiger partial charge in [-0.1, -0.05) is 12.1 Å². The van der Waals surface area contributed by atoms with Gasteiger partial charge in [-0.15, -0.1) is 11.3 Å². The van der Waals surface area contributed by atoms with E-state index in [4.69, 9.17) is 10.9 Å². The Morgan fingerprint density at radius 2 is 2.39 bits per heavy atom. The van der Waals surface area contributed by atoms with Gasteiger partial charge in [-0.3, -0.25) is 4.79 Å². The molecule has 100 valence electrons. The van der Waals surface area contributed by atoms with E-state index in [2.05, 4.69) is 10.1 Å². The molecular formula is C11H18N4O2S. The summed E-state index contributed by atoms with van der Waals surface area (Å²) in [6.07, 6.45) is 0.501. The molecule has 0 aliphatic rings. The molecule has 1 atom stereocenters. The lowest BCUT2D eigenvalue weighted by Crippen LogP contribution is -2.39. The number of oxime groups is 1. The van der Waals surface area contributed by atoms with Crippen LogP contribution in [0.2, 0.25) is 0 Å². The average Bonchev–Trinajstić information content (AvgIpc) is 2.75. The van der Waals surface area contributed by atoms with Gasteiger partial charge in [-0.2, -0.15) is 0 Å². The van der Waals surface area contributed by atoms with Crippen molar-refractivity contribution in [2.24, 2.45) is 16.8 Å². The maximum absolute atomic E-state index is 12.2. The quantitative estimate of drug-likeness (QED) is 0.364. The van der Waals surface area contributed by atoms with Crippen LogP contribution in [0.3, 0.4) is 0 Å². The highest BCUT2D eigenvalue weighted by atomic mass is 32.1. The van der Waals surface area contributed by atoms with Crippen LogP contribution in [0.4, 0.5) is 0 Å². The predicted octanol–water partition coefficient (Wildman–Crippen LogP) is 1.18. The van der Waals surface area contributed by atoms with Crippen LogP contribution in [0.5, 0.6) is 0 Å². The van der Waals surface area contributed by atoms with Crippen molar-refractivity contribution >= 4 is 23.1 Å². The number of nitrogens with two attached hydrogens (primary N) is 1. The van der Waals surface area contributed by atoms with Gasteiger partial charge < -0.3 is 15.8 Å². The largest absolute Gasteiger partial charge is 0.409 e. The molecule has 0 aromatic carbocycles. The summed E-state index contributed by atoms with van der Waals surface area (Å²) >= 11 is 1.51. The number of nitrogens with zero attached hydrogens (tertiary/aromatic N) is 3. The number of thiazole rings is 1. The number of hydrogen-bond acceptors (Lipinski definition) is 5. The molecule has 0 saturated heterocycles. The van der Waals surface area contributed by atoms with E-state index in [1.165, 1.54) is 11.3 Å². The number of amides is 1. The van der Waals surface area contributed by atoms with E-state index in [0.717, 1.165) is 10.6 Å². The first-order chi connectivity index (χ1) is 8.51. The number of aryl methyl sites for hydroxylation is 1. The smallest absolute Gasteiger partial charge is 0.233 e. The average molecular weight is 270 g/mol. The Labute approximate surface area is 110 Å². The van der Waals surface area contributed by atoms with Gasteiger partial charge in [-0.05, 0) is 13.3 Å². The summed E-state index contributed by atoms with van der Waals surface area (Å²) in [4.78, 5) is 18.9. The number of rotatable bonds is 5. The van der Waals surface area contributed by atoms with Crippen LogP contribution in [-0.4, -0.2) is 33.9 Å². The number of amidine groups is 1. The summed E-state index contributed by atoms with van der Waals surface area (Å²) in [5.41, 5.74) is 8.19. The van der Waals surface area contributed by atoms with Crippen molar-refractivity contribution < 1.29 is 10.0 Å². The zero-order chi connectivity index (χ0) is 13.7. The Hall–Kier alpha value is -1.63. The first-order valence-electron chi connectivity index (χ1n) is 5.62. The molecule has 6 nitrogen and oxygen atoms in total. The minimum absolute atomic E-state index is 0.0459. The molecule has 18 heavy (non-hydrogen) atoms. The molecule has 0 aliphatic heterocycles. The normalized spacial score (nSPS) is 13.4. The molecule has 0 fully saturated rings. The summed E-state index contributed by atoms with van der Waals surface area (Å²) in [5, 5.41) is 11.6. The van der Waals surface area contributed by atoms with Gasteiger partial charge in [0.05, 0.1) is 23.7 Å². The Morgan fingerprint density at radius 1 is 1.72 bits per heavy atom. The maximum Gasteiger partial charge on any atom is 0.233 e. The third-order valence-corrected chi connectivity index (χ3v) is 3.70. The van der Waals surface area contributed by atoms with Crippen molar-refractivity contribution in [2.75, 3.05) is 7.05 Å². The first-order valence-corrected chi connectivity index (χ1v) is 6.50. The SMILES string of the molecule is CCC(C(=O)N(C)Cc1scnc1C)C(N)=NO. The molecule has 1 rings (SSSR count). The Bertz CT molecular complexity index is 444. The van der Waals surface area contributed by atoms with Crippen LogP contribution in [0.1, 0.15) is 23.9 Å². The zero-order valence-electron chi connectivity index (χ0n) is 10.8. The highest BCUT2D eigenvalue weighted by molar-refractivity contribution is 7.09. The van der Waals surface area contributed by atoms with Crippen molar-refractivity contribution in [1.29, 1.82) is 0 Å². The number of aromatic nitrogens is 1. The highest BCUT2D eigenvalue weighted by Crippen LogP contribution is 2.16. The lowest BCUT2D eigenvalue weighted by molar-refractivity contribution is -0.132. The molecule has 0 radical (unpaired) electrons. The van der Waals surface area contributed by atoms with Gasteiger partial charge in [0.1, 0.15) is 0 Å². The molecule has 0 spiro atoms. The lowest BCUT2D eigenvalue weighted by atomic mass is 10.0. The third kappa shape index (κ3) is 3.19. The van der Waals surface area contributed by atoms with Gasteiger partial charge in [0.25, 0.3) is 0 Å². The highest BCUT2D eigenvalue weighted by Gasteiger charge is 2.25. The fourth-order valence-electron chi connectivity index (χ4n) is 1.62. The second-order valence-corrected chi connectivity index (χ2v) is 4.98. The van der Waals surface area contributed by atoms with E-state index < -0.39 is 5.92 Å². The summed E-state index contributed by atoms with van der Waals surface area (Å²) in [6, 6.07) is 0. The first kappa shape index (κ1) is 14.4. The fraction of sp³-hybridized carbons (Fsp3) is 0.545. The van der Waals surface area contributed by atoms with Gasteiger partial charge in [0.2, 0.25) is 5.91 Å². The molecule has 1 aromatic heterocycles. The lowest BCUT2D eigenvalue weighted by Gasteiger charge is -2.21. The van der Waals surface area contributed by atoms with Gasteiger partial charge in [0.15, 0.2) is 5.84 Å². The zero-order valence-corrected chi connectivity index (χ0v) is 11.6. The third-order valence-electron chi connectivity index (χ3n) is 2.78. The minimum Gasteiger partial charge on any atom is -0.409 e. The van der Waals surface area contributed by atoms with Crippen LogP contribution in [-0.2, 0) is 11.3 Å². The molecule has 1 aromatic rings. The summed E-state index contributed by atoms with van der Waals surface area (Å²) < 4.78 is 0. The molecule has 0 bridgehead atoms. The maximum atomic E-state index is 12.2. The van der Waals surface area contributed by atoms with Gasteiger partial charge >= 0.3 is 0 Å². The standard InChI is InChI=1S/C11H18N4O2S/c1-4-8(10(12)14-17)11(16)15(3)5-9-7(2)13-6-18-9/h6,8,17H,4-5H2,1-3H3,(H2,12,14). The molecule has 0 aliphatic carbocycles. The predicted molar refractivity (Wildman–Crippen MR) is 70.5 cm³/mol. The van der Waals surface area contributed by atoms with Gasteiger partial charge in [-0.25, -0.2) is 4.98 Å². The Morgan fingerprint density at radius 3 is 2.83 bits per heavy atom. The van der Waals surface area contributed by atoms with Crippen molar-refractivity contribution in [3.8, 4) is 0 Å². The van der Waals surface area contributed by atoms with E-state index in [1.54, 1.807) is 17.5 Å². The second-order valence-electron chi connectivity index (χ2n) is 4.04. The number of carbonyl (C=O) groups excluding carboxylic acids is 1. The van der Waals surface area contributed by atoms with Crippen LogP contribution in [0, 0.1) is 12.8 Å². The van der Waals surface area contributed by atoms with E-state index in [0.29, 0.717) is 13.0 Å². The van der Waals surface area contributed by atoms with Crippen molar-refractivity contribution in [3.63, 3.8) is 0 Å². The monoisotopic (exact) mass is 270 g/mol. The topological polar surface area (TPSA) is 91.8 Å². The number of carbonyl (C=O) groups is 1. The van der Waals surface area contributed by atoms with Crippen molar-refractivity contribution in [1.82, 2.24) is 9.88 Å². The second kappa shape index (κ2) is 6.34. The van der Waals surface area contributed by atoms with Crippen molar-refractivity contribution in [3.05, 3.63) is 16.1 Å². The number of hydrogen-bond donors (Lipinski definition) is 2. The fourth-order valence-corrected chi connectivity index (χ4v) is 2.45. The van der Waals surface area contributed by atoms with E-state index >= 15 is 0 Å². The van der Waals surface area contributed by atoms with E-state index in [9.17, 15) is 4.79 Å². The molecule has 7 heteroatoms. The van der Waals surface area contributed by atoms with Crippen LogP contribution in [0.15, 0.2) is 10.7 Å². The summed E-state index contributed by atoms with van der Waals surface area (Å²) in [7, 11) is 1.70. The Kier molecular flexibility index (Phi) is 5.08. The van der Waals surface area contributed by atoms with E-state index in [-0.39, 0.29) is 11.7 Å². The molecule has 1 heterocycles. The molecule has 1 unspecified atom stereocenters. The van der Waals surface area contributed by atoms with Gasteiger partial charge in [0, 0.05) is 11.9 Å². The summed E-state index contributed by atoms with van der Waals surface area (Å²) in [6.45, 7) is 4.22. The Balaban J connectivity index is 2.74. The molecular weight excluding hydrogens is 252 g/mol. The molecule has 3 N–H and O–H groups in total. The van der Waals surface area contributed by atoms with Crippen LogP contribution < -0.4 is 5.73 Å². The minimum atomic E-state index is -0.576. The van der Waals surface area contributed by atoms with Crippen LogP contribution in [0.25, 0.3) is 0 Å². The van der Waals surface area contributed by atoms with E-state index in [1.807, 2.05) is 13.8 Å². The van der Waals surface area contributed by atoms with Crippen molar-refractivity contribution in [2.45, 2.75) is 26.8 Å². The van der Waals surface area contributed by atoms with Crippen LogP contribution >= 0.6 is 11.3 Å².